The molecule has 0 spiro atoms. The number of aromatic nitrogens is 1. The van der Waals surface area contributed by atoms with Gasteiger partial charge in [0, 0.05) is 43.9 Å². The van der Waals surface area contributed by atoms with Gasteiger partial charge in [-0.3, -0.25) is 4.90 Å². The first-order valence-corrected chi connectivity index (χ1v) is 6.90. The normalized spacial score (nSPS) is 19.2. The Bertz CT molecular complexity index is 511. The van der Waals surface area contributed by atoms with E-state index in [1.54, 1.807) is 0 Å². The zero-order valence-electron chi connectivity index (χ0n) is 10.9. The molecule has 2 heterocycles. The van der Waals surface area contributed by atoms with Gasteiger partial charge in [-0.2, -0.15) is 0 Å². The minimum atomic E-state index is 0.555. The summed E-state index contributed by atoms with van der Waals surface area (Å²) < 4.78 is 0. The van der Waals surface area contributed by atoms with Gasteiger partial charge in [0.2, 0.25) is 0 Å². The predicted octanol–water partition coefficient (Wildman–Crippen LogP) is 2.52. The minimum absolute atomic E-state index is 0.555. The number of nitrogens with one attached hydrogen (secondary N) is 2. The first-order chi connectivity index (χ1) is 8.88. The van der Waals surface area contributed by atoms with Gasteiger partial charge in [0.05, 0.1) is 0 Å². The van der Waals surface area contributed by atoms with Gasteiger partial charge in [0.15, 0.2) is 0 Å². The number of aromatic amines is 1. The summed E-state index contributed by atoms with van der Waals surface area (Å²) in [5.41, 5.74) is 2.69. The molecule has 1 atom stereocenters. The van der Waals surface area contributed by atoms with Gasteiger partial charge in [0.1, 0.15) is 0 Å². The minimum Gasteiger partial charge on any atom is -0.361 e. The summed E-state index contributed by atoms with van der Waals surface area (Å²) in [6, 6.07) is 9.51. The van der Waals surface area contributed by atoms with E-state index in [-0.39, 0.29) is 0 Å². The van der Waals surface area contributed by atoms with E-state index in [2.05, 4.69) is 46.4 Å². The zero-order chi connectivity index (χ0) is 12.4. The number of benzene rings is 1. The summed E-state index contributed by atoms with van der Waals surface area (Å²) in [6.45, 7) is 6.82. The molecule has 1 saturated heterocycles. The second-order valence-corrected chi connectivity index (χ2v) is 5.03. The molecule has 1 aliphatic rings. The highest BCUT2D eigenvalue weighted by Gasteiger charge is 2.20. The van der Waals surface area contributed by atoms with Crippen LogP contribution in [0, 0.1) is 0 Å². The van der Waals surface area contributed by atoms with Crippen LogP contribution in [-0.4, -0.2) is 36.1 Å². The highest BCUT2D eigenvalue weighted by atomic mass is 15.2. The second kappa shape index (κ2) is 5.12. The molecule has 3 heteroatoms. The summed E-state index contributed by atoms with van der Waals surface area (Å²) in [6.07, 6.45) is 3.19. The Balaban J connectivity index is 1.89. The largest absolute Gasteiger partial charge is 0.361 e. The first kappa shape index (κ1) is 11.8. The molecule has 2 N–H and O–H groups in total. The molecule has 1 fully saturated rings. The third-order valence-electron chi connectivity index (χ3n) is 3.94. The third-order valence-corrected chi connectivity index (χ3v) is 3.94. The van der Waals surface area contributed by atoms with E-state index in [1.807, 2.05) is 6.20 Å². The Morgan fingerprint density at radius 2 is 2.06 bits per heavy atom. The fourth-order valence-corrected chi connectivity index (χ4v) is 2.97. The van der Waals surface area contributed by atoms with Gasteiger partial charge in [-0.15, -0.1) is 0 Å². The van der Waals surface area contributed by atoms with Crippen LogP contribution in [-0.2, 0) is 0 Å². The van der Waals surface area contributed by atoms with Gasteiger partial charge in [-0.25, -0.2) is 0 Å². The van der Waals surface area contributed by atoms with Crippen LogP contribution in [0.1, 0.15) is 24.9 Å². The SMILES string of the molecule is CC[C@@H](c1ccc2cc[nH]c2c1)N1CCNCC1. The highest BCUT2D eigenvalue weighted by molar-refractivity contribution is 5.79. The van der Waals surface area contributed by atoms with E-state index in [1.165, 1.54) is 22.9 Å². The molecule has 96 valence electrons. The zero-order valence-corrected chi connectivity index (χ0v) is 10.9. The lowest BCUT2D eigenvalue weighted by molar-refractivity contribution is 0.169. The number of hydrogen-bond donors (Lipinski definition) is 2. The molecule has 0 unspecified atom stereocenters. The molecular weight excluding hydrogens is 222 g/mol. The van der Waals surface area contributed by atoms with Crippen LogP contribution in [0.3, 0.4) is 0 Å². The smallest absolute Gasteiger partial charge is 0.0457 e. The summed E-state index contributed by atoms with van der Waals surface area (Å²) in [4.78, 5) is 5.91. The molecule has 0 aliphatic carbocycles. The standard InChI is InChI=1S/C15H21N3/c1-2-15(18-9-7-16-8-10-18)13-4-3-12-5-6-17-14(12)11-13/h3-6,11,15-17H,2,7-10H2,1H3/t15-/m0/s1. The number of H-pyrrole nitrogens is 1. The molecule has 0 saturated carbocycles. The second-order valence-electron chi connectivity index (χ2n) is 5.03. The molecule has 1 aromatic carbocycles. The van der Waals surface area contributed by atoms with Crippen molar-refractivity contribution in [3.05, 3.63) is 36.0 Å². The fourth-order valence-electron chi connectivity index (χ4n) is 2.97. The topological polar surface area (TPSA) is 31.1 Å². The van der Waals surface area contributed by atoms with Crippen molar-refractivity contribution < 1.29 is 0 Å². The number of piperazine rings is 1. The average Bonchev–Trinajstić information content (AvgIpc) is 2.88. The van der Waals surface area contributed by atoms with Crippen LogP contribution < -0.4 is 5.32 Å². The quantitative estimate of drug-likeness (QED) is 0.868. The Morgan fingerprint density at radius 1 is 1.22 bits per heavy atom. The Kier molecular flexibility index (Phi) is 3.35. The summed E-state index contributed by atoms with van der Waals surface area (Å²) in [5, 5.41) is 4.72. The van der Waals surface area contributed by atoms with Gasteiger partial charge in [-0.1, -0.05) is 19.1 Å². The van der Waals surface area contributed by atoms with Crippen molar-refractivity contribution in [3.63, 3.8) is 0 Å². The van der Waals surface area contributed by atoms with E-state index in [4.69, 9.17) is 0 Å². The molecule has 18 heavy (non-hydrogen) atoms. The van der Waals surface area contributed by atoms with Crippen LogP contribution in [0.15, 0.2) is 30.5 Å². The molecule has 0 bridgehead atoms. The van der Waals surface area contributed by atoms with Crippen molar-refractivity contribution >= 4 is 10.9 Å². The van der Waals surface area contributed by atoms with Crippen LogP contribution in [0.2, 0.25) is 0 Å². The van der Waals surface area contributed by atoms with Crippen molar-refractivity contribution in [2.45, 2.75) is 19.4 Å². The molecule has 2 aromatic rings. The fraction of sp³-hybridized carbons (Fsp3) is 0.467. The molecule has 0 radical (unpaired) electrons. The van der Waals surface area contributed by atoms with E-state index < -0.39 is 0 Å². The van der Waals surface area contributed by atoms with Gasteiger partial charge < -0.3 is 10.3 Å². The van der Waals surface area contributed by atoms with Crippen molar-refractivity contribution in [1.29, 1.82) is 0 Å². The van der Waals surface area contributed by atoms with Gasteiger partial charge in [-0.05, 0) is 29.5 Å². The maximum Gasteiger partial charge on any atom is 0.0457 e. The van der Waals surface area contributed by atoms with Gasteiger partial charge >= 0.3 is 0 Å². The molecule has 0 amide bonds. The van der Waals surface area contributed by atoms with E-state index in [0.29, 0.717) is 6.04 Å². The van der Waals surface area contributed by atoms with Crippen LogP contribution >= 0.6 is 0 Å². The third kappa shape index (κ3) is 2.16. The molecule has 3 rings (SSSR count). The Morgan fingerprint density at radius 3 is 2.83 bits per heavy atom. The maximum absolute atomic E-state index is 3.42. The summed E-state index contributed by atoms with van der Waals surface area (Å²) in [5.74, 6) is 0. The Hall–Kier alpha value is -1.32. The monoisotopic (exact) mass is 243 g/mol. The summed E-state index contributed by atoms with van der Waals surface area (Å²) in [7, 11) is 0. The van der Waals surface area contributed by atoms with Gasteiger partial charge in [0.25, 0.3) is 0 Å². The number of rotatable bonds is 3. The van der Waals surface area contributed by atoms with E-state index in [9.17, 15) is 0 Å². The molecule has 1 aromatic heterocycles. The molecule has 1 aliphatic heterocycles. The predicted molar refractivity (Wildman–Crippen MR) is 75.8 cm³/mol. The van der Waals surface area contributed by atoms with Crippen LogP contribution in [0.4, 0.5) is 0 Å². The lowest BCUT2D eigenvalue weighted by Crippen LogP contribution is -2.45. The van der Waals surface area contributed by atoms with Crippen molar-refractivity contribution in [1.82, 2.24) is 15.2 Å². The lowest BCUT2D eigenvalue weighted by Gasteiger charge is -2.34. The van der Waals surface area contributed by atoms with E-state index >= 15 is 0 Å². The number of hydrogen-bond acceptors (Lipinski definition) is 2. The van der Waals surface area contributed by atoms with Crippen molar-refractivity contribution in [3.8, 4) is 0 Å². The molecule has 3 nitrogen and oxygen atoms in total. The van der Waals surface area contributed by atoms with Crippen molar-refractivity contribution in [2.75, 3.05) is 26.2 Å². The number of nitrogens with zero attached hydrogens (tertiary/aromatic N) is 1. The van der Waals surface area contributed by atoms with E-state index in [0.717, 1.165) is 26.2 Å². The van der Waals surface area contributed by atoms with Crippen molar-refractivity contribution in [2.24, 2.45) is 0 Å². The average molecular weight is 243 g/mol. The lowest BCUT2D eigenvalue weighted by atomic mass is 10.0. The molecular formula is C15H21N3. The maximum atomic E-state index is 3.42. The summed E-state index contributed by atoms with van der Waals surface area (Å²) >= 11 is 0. The Labute approximate surface area is 108 Å². The van der Waals surface area contributed by atoms with Crippen LogP contribution in [0.5, 0.6) is 0 Å². The number of fused-ring (bicyclic) bond motifs is 1. The first-order valence-electron chi connectivity index (χ1n) is 6.90. The highest BCUT2D eigenvalue weighted by Crippen LogP contribution is 2.27. The van der Waals surface area contributed by atoms with Crippen LogP contribution in [0.25, 0.3) is 10.9 Å².